The van der Waals surface area contributed by atoms with Crippen molar-refractivity contribution >= 4 is 93.3 Å². The van der Waals surface area contributed by atoms with Crippen molar-refractivity contribution in [3.8, 4) is 28.2 Å². The molecule has 6 nitrogen and oxygen atoms in total. The van der Waals surface area contributed by atoms with Gasteiger partial charge < -0.3 is 8.83 Å². The maximum absolute atomic E-state index is 6.55. The molecule has 5 heterocycles. The summed E-state index contributed by atoms with van der Waals surface area (Å²) in [7, 11) is 0. The summed E-state index contributed by atoms with van der Waals surface area (Å²) in [6, 6.07) is 59.4. The van der Waals surface area contributed by atoms with Gasteiger partial charge in [-0.25, -0.2) is 9.97 Å². The molecule has 56 heavy (non-hydrogen) atoms. The monoisotopic (exact) mass is 716 g/mol. The van der Waals surface area contributed by atoms with Crippen LogP contribution in [0.4, 0.5) is 0 Å². The zero-order valence-electron chi connectivity index (χ0n) is 29.8. The number of benzene rings is 8. The van der Waals surface area contributed by atoms with Gasteiger partial charge in [0.25, 0.3) is 0 Å². The molecule has 13 aromatic rings. The first-order valence-electron chi connectivity index (χ1n) is 18.8. The number of hydrogen-bond donors (Lipinski definition) is 0. The first-order chi connectivity index (χ1) is 27.8. The number of furan rings is 2. The third-order valence-corrected chi connectivity index (χ3v) is 11.5. The van der Waals surface area contributed by atoms with Crippen molar-refractivity contribution in [1.29, 1.82) is 0 Å². The van der Waals surface area contributed by atoms with Crippen LogP contribution in [0.15, 0.2) is 179 Å². The van der Waals surface area contributed by atoms with E-state index in [1.807, 2.05) is 36.4 Å². The quantitative estimate of drug-likeness (QED) is 0.183. The highest BCUT2D eigenvalue weighted by atomic mass is 16.3. The number of fused-ring (bicyclic) bond motifs is 14. The Labute approximate surface area is 318 Å². The lowest BCUT2D eigenvalue weighted by molar-refractivity contribution is 0.669. The number of para-hydroxylation sites is 7. The summed E-state index contributed by atoms with van der Waals surface area (Å²) in [6.45, 7) is 0. The zero-order valence-corrected chi connectivity index (χ0v) is 29.8. The zero-order chi connectivity index (χ0) is 36.5. The van der Waals surface area contributed by atoms with Gasteiger partial charge >= 0.3 is 0 Å². The molecule has 6 heteroatoms. The van der Waals surface area contributed by atoms with Crippen molar-refractivity contribution < 1.29 is 8.83 Å². The van der Waals surface area contributed by atoms with Crippen molar-refractivity contribution in [3.63, 3.8) is 0 Å². The van der Waals surface area contributed by atoms with Crippen LogP contribution < -0.4 is 0 Å². The molecule has 0 aliphatic heterocycles. The molecule has 13 rings (SSSR count). The van der Waals surface area contributed by atoms with Crippen LogP contribution in [0.3, 0.4) is 0 Å². The van der Waals surface area contributed by atoms with Crippen molar-refractivity contribution in [1.82, 2.24) is 18.9 Å². The molecule has 0 unspecified atom stereocenters. The highest BCUT2D eigenvalue weighted by Crippen LogP contribution is 2.42. The Balaban J connectivity index is 1.16. The fourth-order valence-corrected chi connectivity index (χ4v) is 9.00. The number of aromatic nitrogens is 4. The Morgan fingerprint density at radius 2 is 0.893 bits per heavy atom. The molecule has 5 aromatic heterocycles. The summed E-state index contributed by atoms with van der Waals surface area (Å²) in [4.78, 5) is 10.7. The molecule has 0 radical (unpaired) electrons. The van der Waals surface area contributed by atoms with Gasteiger partial charge in [0, 0.05) is 48.8 Å². The second-order valence-electron chi connectivity index (χ2n) is 14.5. The second kappa shape index (κ2) is 10.9. The van der Waals surface area contributed by atoms with E-state index in [9.17, 15) is 0 Å². The van der Waals surface area contributed by atoms with E-state index in [-0.39, 0.29) is 0 Å². The highest BCUT2D eigenvalue weighted by molar-refractivity contribution is 6.15. The van der Waals surface area contributed by atoms with E-state index in [4.69, 9.17) is 18.8 Å². The maximum atomic E-state index is 6.55. The summed E-state index contributed by atoms with van der Waals surface area (Å²) >= 11 is 0. The lowest BCUT2D eigenvalue weighted by atomic mass is 9.99. The maximum Gasteiger partial charge on any atom is 0.221 e. The topological polar surface area (TPSA) is 61.4 Å². The predicted octanol–water partition coefficient (Wildman–Crippen LogP) is 13.3. The van der Waals surface area contributed by atoms with Gasteiger partial charge in [-0.1, -0.05) is 121 Å². The van der Waals surface area contributed by atoms with Crippen LogP contribution >= 0.6 is 0 Å². The molecule has 0 fully saturated rings. The van der Waals surface area contributed by atoms with Gasteiger partial charge in [-0.3, -0.25) is 8.97 Å². The molecule has 0 spiro atoms. The third kappa shape index (κ3) is 3.99. The van der Waals surface area contributed by atoms with Crippen LogP contribution in [0, 0.1) is 0 Å². The van der Waals surface area contributed by atoms with Crippen molar-refractivity contribution in [2.24, 2.45) is 0 Å². The van der Waals surface area contributed by atoms with Gasteiger partial charge in [0.1, 0.15) is 28.0 Å². The fraction of sp³-hybridized carbons (Fsp3) is 0. The van der Waals surface area contributed by atoms with Gasteiger partial charge in [0.05, 0.1) is 27.6 Å². The highest BCUT2D eigenvalue weighted by Gasteiger charge is 2.22. The largest absolute Gasteiger partial charge is 0.455 e. The van der Waals surface area contributed by atoms with Gasteiger partial charge in [0.2, 0.25) is 5.95 Å². The Morgan fingerprint density at radius 3 is 1.52 bits per heavy atom. The molecular formula is C50H28N4O2. The summed E-state index contributed by atoms with van der Waals surface area (Å²) in [5.41, 5.74) is 13.5. The van der Waals surface area contributed by atoms with E-state index in [2.05, 4.69) is 142 Å². The number of rotatable bonds is 3. The Morgan fingerprint density at radius 1 is 0.375 bits per heavy atom. The second-order valence-corrected chi connectivity index (χ2v) is 14.5. The minimum absolute atomic E-state index is 0.769. The van der Waals surface area contributed by atoms with E-state index >= 15 is 0 Å². The third-order valence-electron chi connectivity index (χ3n) is 11.5. The summed E-state index contributed by atoms with van der Waals surface area (Å²) < 4.78 is 17.6. The Bertz CT molecular complexity index is 3610. The van der Waals surface area contributed by atoms with Crippen molar-refractivity contribution in [2.45, 2.75) is 0 Å². The minimum Gasteiger partial charge on any atom is -0.455 e. The van der Waals surface area contributed by atoms with Crippen LogP contribution in [-0.4, -0.2) is 18.9 Å². The van der Waals surface area contributed by atoms with Crippen LogP contribution in [0.25, 0.3) is 121 Å². The van der Waals surface area contributed by atoms with Crippen LogP contribution in [0.5, 0.6) is 0 Å². The van der Waals surface area contributed by atoms with Crippen LogP contribution in [0.2, 0.25) is 0 Å². The first-order valence-corrected chi connectivity index (χ1v) is 18.8. The molecule has 0 saturated carbocycles. The van der Waals surface area contributed by atoms with Crippen LogP contribution in [0.1, 0.15) is 0 Å². The molecule has 0 saturated heterocycles. The Hall–Kier alpha value is -7.70. The molecule has 0 bridgehead atoms. The van der Waals surface area contributed by atoms with Gasteiger partial charge in [-0.2, -0.15) is 0 Å². The lowest BCUT2D eigenvalue weighted by Crippen LogP contribution is -2.06. The normalized spacial score (nSPS) is 12.3. The molecule has 0 aliphatic rings. The Kier molecular flexibility index (Phi) is 5.80. The minimum atomic E-state index is 0.769. The average molecular weight is 717 g/mol. The molecule has 0 N–H and O–H groups in total. The van der Waals surface area contributed by atoms with Gasteiger partial charge in [-0.05, 0) is 59.7 Å². The number of hydrogen-bond acceptors (Lipinski definition) is 4. The van der Waals surface area contributed by atoms with Gasteiger partial charge in [-0.15, -0.1) is 0 Å². The molecule has 260 valence electrons. The smallest absolute Gasteiger partial charge is 0.221 e. The van der Waals surface area contributed by atoms with E-state index in [0.717, 1.165) is 121 Å². The average Bonchev–Trinajstić information content (AvgIpc) is 4.02. The molecule has 8 aromatic carbocycles. The SMILES string of the molecule is c1ccc2c(c1)nc(-n1c3cc(-c4cccc5c4oc4ccccc45)ccc3c3ccc(-c4cccc5c4oc4ccccc45)cc31)n1c3ccccc3nc21. The van der Waals surface area contributed by atoms with E-state index < -0.39 is 0 Å². The van der Waals surface area contributed by atoms with E-state index in [1.165, 1.54) is 0 Å². The van der Waals surface area contributed by atoms with E-state index in [1.54, 1.807) is 0 Å². The first kappa shape index (κ1) is 29.7. The molecule has 0 amide bonds. The fourth-order valence-electron chi connectivity index (χ4n) is 9.00. The number of nitrogens with zero attached hydrogens (tertiary/aromatic N) is 4. The standard InChI is InChI=1S/C50H28N4O2/c1-4-18-40-39(13-1)49-51-41-19-5-6-20-42(41)54(49)50(52-40)53-43-27-29(31-14-9-16-37-35-11-2-7-21-45(35)55-47(31)37)23-25-33(43)34-26-24-30(28-44(34)53)32-15-10-17-38-36-12-3-8-22-46(36)56-48(32)38/h1-28H. The van der Waals surface area contributed by atoms with Crippen molar-refractivity contribution in [3.05, 3.63) is 170 Å². The number of imidazole rings is 1. The molecular weight excluding hydrogens is 689 g/mol. The molecule has 0 aliphatic carbocycles. The predicted molar refractivity (Wildman–Crippen MR) is 228 cm³/mol. The van der Waals surface area contributed by atoms with E-state index in [0.29, 0.717) is 0 Å². The summed E-state index contributed by atoms with van der Waals surface area (Å²) in [6.07, 6.45) is 0. The summed E-state index contributed by atoms with van der Waals surface area (Å²) in [5, 5.41) is 7.69. The summed E-state index contributed by atoms with van der Waals surface area (Å²) in [5.74, 6) is 0.769. The van der Waals surface area contributed by atoms with Crippen LogP contribution in [-0.2, 0) is 0 Å². The molecule has 0 atom stereocenters. The van der Waals surface area contributed by atoms with Crippen molar-refractivity contribution in [2.75, 3.05) is 0 Å². The lowest BCUT2D eigenvalue weighted by Gasteiger charge is -2.13. The van der Waals surface area contributed by atoms with Gasteiger partial charge in [0.15, 0.2) is 0 Å².